The van der Waals surface area contributed by atoms with E-state index in [1.807, 2.05) is 37.3 Å². The number of benzene rings is 1. The summed E-state index contributed by atoms with van der Waals surface area (Å²) >= 11 is 0. The Morgan fingerprint density at radius 1 is 1.24 bits per heavy atom. The summed E-state index contributed by atoms with van der Waals surface area (Å²) in [6, 6.07) is 9.59. The van der Waals surface area contributed by atoms with Crippen LogP contribution in [0.25, 0.3) is 0 Å². The van der Waals surface area contributed by atoms with Gasteiger partial charge in [0, 0.05) is 12.7 Å². The smallest absolute Gasteiger partial charge is 0.231 e. The van der Waals surface area contributed by atoms with Crippen molar-refractivity contribution in [3.63, 3.8) is 0 Å². The maximum Gasteiger partial charge on any atom is 0.231 e. The molecule has 2 aromatic rings. The van der Waals surface area contributed by atoms with Crippen molar-refractivity contribution >= 4 is 5.96 Å². The summed E-state index contributed by atoms with van der Waals surface area (Å²) < 4.78 is 16.3. The van der Waals surface area contributed by atoms with Crippen LogP contribution >= 0.6 is 0 Å². The van der Waals surface area contributed by atoms with Crippen LogP contribution < -0.4 is 24.8 Å². The molecule has 132 valence electrons. The second kappa shape index (κ2) is 8.77. The number of hydrogen-bond acceptors (Lipinski definition) is 5. The summed E-state index contributed by atoms with van der Waals surface area (Å²) in [6.07, 6.45) is 3.41. The molecular weight excluding hydrogens is 320 g/mol. The number of nitrogens with zero attached hydrogens (tertiary/aromatic N) is 2. The maximum atomic E-state index is 5.61. The highest BCUT2D eigenvalue weighted by atomic mass is 16.7. The molecule has 7 heteroatoms. The standard InChI is InChI=1S/C18H22N4O3/c1-2-20-18(21-8-9-23-15-4-3-7-19-12-15)22-11-14-5-6-16-17(10-14)25-13-24-16/h3-7,10,12H,2,8-9,11,13H2,1H3,(H2,20,21,22). The Kier molecular flexibility index (Phi) is 5.92. The average molecular weight is 342 g/mol. The molecule has 7 nitrogen and oxygen atoms in total. The van der Waals surface area contributed by atoms with E-state index in [0.29, 0.717) is 19.7 Å². The van der Waals surface area contributed by atoms with Crippen LogP contribution in [0.5, 0.6) is 17.2 Å². The minimum Gasteiger partial charge on any atom is -0.490 e. The van der Waals surface area contributed by atoms with Gasteiger partial charge in [0.2, 0.25) is 6.79 Å². The van der Waals surface area contributed by atoms with Gasteiger partial charge in [-0.25, -0.2) is 4.99 Å². The highest BCUT2D eigenvalue weighted by Gasteiger charge is 2.12. The molecule has 2 N–H and O–H groups in total. The third-order valence-electron chi connectivity index (χ3n) is 3.50. The summed E-state index contributed by atoms with van der Waals surface area (Å²) in [5, 5.41) is 6.47. The van der Waals surface area contributed by atoms with Gasteiger partial charge in [0.1, 0.15) is 12.4 Å². The van der Waals surface area contributed by atoms with E-state index < -0.39 is 0 Å². The van der Waals surface area contributed by atoms with E-state index in [2.05, 4.69) is 20.6 Å². The van der Waals surface area contributed by atoms with E-state index >= 15 is 0 Å². The highest BCUT2D eigenvalue weighted by Crippen LogP contribution is 2.32. The van der Waals surface area contributed by atoms with Crippen LogP contribution in [0.3, 0.4) is 0 Å². The zero-order valence-electron chi connectivity index (χ0n) is 14.2. The molecule has 1 aliphatic rings. The third-order valence-corrected chi connectivity index (χ3v) is 3.50. The first kappa shape index (κ1) is 16.9. The molecule has 0 aliphatic carbocycles. The van der Waals surface area contributed by atoms with E-state index in [1.54, 1.807) is 12.4 Å². The number of aliphatic imine (C=N–C) groups is 1. The van der Waals surface area contributed by atoms with E-state index in [-0.39, 0.29) is 6.79 Å². The number of guanidine groups is 1. The summed E-state index contributed by atoms with van der Waals surface area (Å²) in [5.74, 6) is 3.06. The lowest BCUT2D eigenvalue weighted by atomic mass is 10.2. The first-order valence-electron chi connectivity index (χ1n) is 8.28. The van der Waals surface area contributed by atoms with Crippen molar-refractivity contribution in [1.82, 2.24) is 15.6 Å². The van der Waals surface area contributed by atoms with Crippen LogP contribution in [-0.2, 0) is 6.54 Å². The SMILES string of the molecule is CCNC(=NCc1ccc2c(c1)OCO2)NCCOc1cccnc1. The first-order valence-corrected chi connectivity index (χ1v) is 8.28. The lowest BCUT2D eigenvalue weighted by Crippen LogP contribution is -2.39. The number of pyridine rings is 1. The second-order valence-corrected chi connectivity index (χ2v) is 5.35. The molecule has 0 fully saturated rings. The molecule has 0 saturated heterocycles. The fourth-order valence-corrected chi connectivity index (χ4v) is 2.32. The van der Waals surface area contributed by atoms with Crippen LogP contribution in [0.15, 0.2) is 47.7 Å². The Hall–Kier alpha value is -2.96. The second-order valence-electron chi connectivity index (χ2n) is 5.35. The van der Waals surface area contributed by atoms with Gasteiger partial charge in [-0.1, -0.05) is 6.07 Å². The Morgan fingerprint density at radius 3 is 3.00 bits per heavy atom. The number of rotatable bonds is 7. The van der Waals surface area contributed by atoms with Crippen molar-refractivity contribution in [3.05, 3.63) is 48.3 Å². The number of fused-ring (bicyclic) bond motifs is 1. The molecule has 1 aromatic carbocycles. The van der Waals surface area contributed by atoms with Gasteiger partial charge in [0.25, 0.3) is 0 Å². The molecule has 0 atom stereocenters. The van der Waals surface area contributed by atoms with Gasteiger partial charge in [0.15, 0.2) is 17.5 Å². The molecule has 0 saturated carbocycles. The van der Waals surface area contributed by atoms with Gasteiger partial charge in [-0.3, -0.25) is 4.98 Å². The van der Waals surface area contributed by atoms with Crippen LogP contribution in [0.1, 0.15) is 12.5 Å². The fourth-order valence-electron chi connectivity index (χ4n) is 2.32. The van der Waals surface area contributed by atoms with Crippen LogP contribution in [0.4, 0.5) is 0 Å². The van der Waals surface area contributed by atoms with Crippen LogP contribution in [0.2, 0.25) is 0 Å². The maximum absolute atomic E-state index is 5.61. The predicted octanol–water partition coefficient (Wildman–Crippen LogP) is 1.94. The minimum absolute atomic E-state index is 0.281. The summed E-state index contributed by atoms with van der Waals surface area (Å²) in [7, 11) is 0. The van der Waals surface area contributed by atoms with Gasteiger partial charge in [-0.15, -0.1) is 0 Å². The summed E-state index contributed by atoms with van der Waals surface area (Å²) in [4.78, 5) is 8.60. The van der Waals surface area contributed by atoms with Crippen molar-refractivity contribution in [2.75, 3.05) is 26.5 Å². The normalized spacial score (nSPS) is 12.8. The van der Waals surface area contributed by atoms with Crippen molar-refractivity contribution in [2.24, 2.45) is 4.99 Å². The molecule has 0 bridgehead atoms. The van der Waals surface area contributed by atoms with Gasteiger partial charge < -0.3 is 24.8 Å². The monoisotopic (exact) mass is 342 g/mol. The quantitative estimate of drug-likeness (QED) is 0.455. The Labute approximate surface area is 147 Å². The largest absolute Gasteiger partial charge is 0.490 e. The highest BCUT2D eigenvalue weighted by molar-refractivity contribution is 5.79. The fraction of sp³-hybridized carbons (Fsp3) is 0.333. The van der Waals surface area contributed by atoms with E-state index in [0.717, 1.165) is 35.3 Å². The average Bonchev–Trinajstić information content (AvgIpc) is 3.12. The van der Waals surface area contributed by atoms with E-state index in [1.165, 1.54) is 0 Å². The third kappa shape index (κ3) is 5.00. The van der Waals surface area contributed by atoms with Gasteiger partial charge in [-0.05, 0) is 36.8 Å². The molecule has 2 heterocycles. The molecule has 0 radical (unpaired) electrons. The molecule has 0 amide bonds. The Morgan fingerprint density at radius 2 is 2.16 bits per heavy atom. The molecule has 0 unspecified atom stereocenters. The lowest BCUT2D eigenvalue weighted by Gasteiger charge is -2.12. The molecule has 1 aromatic heterocycles. The summed E-state index contributed by atoms with van der Waals surface area (Å²) in [5.41, 5.74) is 1.06. The number of hydrogen-bond donors (Lipinski definition) is 2. The number of aromatic nitrogens is 1. The van der Waals surface area contributed by atoms with Crippen molar-refractivity contribution in [1.29, 1.82) is 0 Å². The molecule has 25 heavy (non-hydrogen) atoms. The molecule has 0 spiro atoms. The van der Waals surface area contributed by atoms with Crippen molar-refractivity contribution in [3.8, 4) is 17.2 Å². The topological polar surface area (TPSA) is 77.0 Å². The number of ether oxygens (including phenoxy) is 3. The lowest BCUT2D eigenvalue weighted by molar-refractivity contribution is 0.174. The van der Waals surface area contributed by atoms with Gasteiger partial charge >= 0.3 is 0 Å². The Balaban J connectivity index is 1.49. The minimum atomic E-state index is 0.281. The summed E-state index contributed by atoms with van der Waals surface area (Å²) in [6.45, 7) is 4.82. The molecule has 3 rings (SSSR count). The van der Waals surface area contributed by atoms with E-state index in [4.69, 9.17) is 14.2 Å². The van der Waals surface area contributed by atoms with Crippen LogP contribution in [0, 0.1) is 0 Å². The molecule has 1 aliphatic heterocycles. The van der Waals surface area contributed by atoms with Gasteiger partial charge in [0.05, 0.1) is 19.3 Å². The molecular formula is C18H22N4O3. The number of nitrogens with one attached hydrogen (secondary N) is 2. The van der Waals surface area contributed by atoms with Gasteiger partial charge in [-0.2, -0.15) is 0 Å². The van der Waals surface area contributed by atoms with Crippen LogP contribution in [-0.4, -0.2) is 37.4 Å². The van der Waals surface area contributed by atoms with Crippen molar-refractivity contribution < 1.29 is 14.2 Å². The predicted molar refractivity (Wildman–Crippen MR) is 95.1 cm³/mol. The zero-order valence-corrected chi connectivity index (χ0v) is 14.2. The Bertz CT molecular complexity index is 707. The van der Waals surface area contributed by atoms with Crippen molar-refractivity contribution in [2.45, 2.75) is 13.5 Å². The first-order chi connectivity index (χ1) is 12.3. The zero-order chi connectivity index (χ0) is 17.3. The van der Waals surface area contributed by atoms with E-state index in [9.17, 15) is 0 Å².